The van der Waals surface area contributed by atoms with Gasteiger partial charge >= 0.3 is 6.18 Å². The van der Waals surface area contributed by atoms with Crippen LogP contribution in [0, 0.1) is 0 Å². The summed E-state index contributed by atoms with van der Waals surface area (Å²) in [4.78, 5) is 8.54. The molecule has 0 N–H and O–H groups in total. The van der Waals surface area contributed by atoms with Crippen molar-refractivity contribution in [1.82, 2.24) is 19.7 Å². The van der Waals surface area contributed by atoms with Crippen molar-refractivity contribution in [2.24, 2.45) is 0 Å². The second-order valence-corrected chi connectivity index (χ2v) is 5.48. The van der Waals surface area contributed by atoms with E-state index in [0.29, 0.717) is 11.3 Å². The number of pyridine rings is 1. The van der Waals surface area contributed by atoms with E-state index in [1.54, 1.807) is 36.0 Å². The summed E-state index contributed by atoms with van der Waals surface area (Å²) in [5.74, 6) is -1.05. The molecule has 118 valence electrons. The third kappa shape index (κ3) is 3.21. The quantitative estimate of drug-likeness (QED) is 0.676. The topological polar surface area (TPSA) is 43.6 Å². The highest BCUT2D eigenvalue weighted by atomic mass is 32.2. The van der Waals surface area contributed by atoms with Crippen LogP contribution in [-0.2, 0) is 6.18 Å². The molecule has 3 rings (SSSR count). The van der Waals surface area contributed by atoms with Gasteiger partial charge in [-0.25, -0.2) is 9.67 Å². The Morgan fingerprint density at radius 1 is 1.00 bits per heavy atom. The van der Waals surface area contributed by atoms with Crippen molar-refractivity contribution in [2.45, 2.75) is 11.1 Å². The molecule has 0 fully saturated rings. The maximum absolute atomic E-state index is 13.0. The minimum atomic E-state index is -4.60. The third-order valence-corrected chi connectivity index (χ3v) is 3.86. The van der Waals surface area contributed by atoms with Crippen LogP contribution in [0.5, 0.6) is 0 Å². The summed E-state index contributed by atoms with van der Waals surface area (Å²) in [5, 5.41) is 3.64. The van der Waals surface area contributed by atoms with Crippen molar-refractivity contribution in [1.29, 1.82) is 0 Å². The number of hydrogen-bond donors (Lipinski definition) is 0. The van der Waals surface area contributed by atoms with E-state index >= 15 is 0 Å². The number of halogens is 3. The van der Waals surface area contributed by atoms with Crippen LogP contribution < -0.4 is 0 Å². The molecule has 0 aliphatic rings. The molecule has 23 heavy (non-hydrogen) atoms. The fourth-order valence-corrected chi connectivity index (χ4v) is 2.43. The Kier molecular flexibility index (Phi) is 4.08. The number of benzene rings is 1. The molecule has 4 nitrogen and oxygen atoms in total. The third-order valence-electron chi connectivity index (χ3n) is 3.12. The molecule has 2 aromatic heterocycles. The number of nitrogens with zero attached hydrogens (tertiary/aromatic N) is 4. The summed E-state index contributed by atoms with van der Waals surface area (Å²) < 4.78 is 40.1. The van der Waals surface area contributed by atoms with Crippen LogP contribution in [0.15, 0.2) is 53.7 Å². The van der Waals surface area contributed by atoms with Gasteiger partial charge in [-0.15, -0.1) is 16.9 Å². The second-order valence-electron chi connectivity index (χ2n) is 4.60. The average Bonchev–Trinajstić information content (AvgIpc) is 3.01. The molecular formula is C15H11F3N4S. The van der Waals surface area contributed by atoms with Crippen LogP contribution in [0.2, 0.25) is 0 Å². The molecule has 8 heteroatoms. The molecule has 0 atom stereocenters. The minimum absolute atomic E-state index is 0.122. The zero-order valence-corrected chi connectivity index (χ0v) is 12.8. The second kappa shape index (κ2) is 6.04. The lowest BCUT2D eigenvalue weighted by molar-refractivity contribution is -0.144. The average molecular weight is 336 g/mol. The van der Waals surface area contributed by atoms with Crippen LogP contribution in [0.3, 0.4) is 0 Å². The Balaban J connectivity index is 2.15. The number of aromatic nitrogens is 4. The molecule has 1 aromatic carbocycles. The lowest BCUT2D eigenvalue weighted by Gasteiger charge is -2.06. The van der Waals surface area contributed by atoms with Crippen molar-refractivity contribution in [3.63, 3.8) is 0 Å². The van der Waals surface area contributed by atoms with Crippen LogP contribution in [0.25, 0.3) is 17.1 Å². The standard InChI is InChI=1S/C15H11F3N4S/c1-23-12-4-2-11(3-5-12)22-13(10-6-8-19-9-7-10)20-14(21-22)15(16,17)18/h2-9H,1H3. The Morgan fingerprint density at radius 2 is 1.65 bits per heavy atom. The molecule has 0 unspecified atom stereocenters. The van der Waals surface area contributed by atoms with E-state index in [0.717, 1.165) is 4.90 Å². The normalized spacial score (nSPS) is 11.7. The molecule has 0 aliphatic carbocycles. The summed E-state index contributed by atoms with van der Waals surface area (Å²) in [6.07, 6.45) is 0.317. The molecule has 0 bridgehead atoms. The van der Waals surface area contributed by atoms with Crippen LogP contribution in [0.4, 0.5) is 13.2 Å². The summed E-state index contributed by atoms with van der Waals surface area (Å²) in [6.45, 7) is 0. The largest absolute Gasteiger partial charge is 0.453 e. The van der Waals surface area contributed by atoms with E-state index in [-0.39, 0.29) is 5.82 Å². The molecule has 0 spiro atoms. The van der Waals surface area contributed by atoms with Gasteiger partial charge in [0, 0.05) is 22.9 Å². The van der Waals surface area contributed by atoms with Gasteiger partial charge in [0.25, 0.3) is 5.82 Å². The first-order valence-electron chi connectivity index (χ1n) is 6.58. The number of thioether (sulfide) groups is 1. The Bertz CT molecular complexity index is 798. The zero-order valence-electron chi connectivity index (χ0n) is 11.9. The van der Waals surface area contributed by atoms with E-state index in [1.165, 1.54) is 17.1 Å². The fraction of sp³-hybridized carbons (Fsp3) is 0.133. The Labute approximate surface area is 134 Å². The molecule has 2 heterocycles. The van der Waals surface area contributed by atoms with Gasteiger partial charge in [-0.05, 0) is 42.7 Å². The number of rotatable bonds is 3. The summed E-state index contributed by atoms with van der Waals surface area (Å²) >= 11 is 1.55. The van der Waals surface area contributed by atoms with Gasteiger partial charge in [0.05, 0.1) is 5.69 Å². The van der Waals surface area contributed by atoms with Gasteiger partial charge in [-0.1, -0.05) is 0 Å². The highest BCUT2D eigenvalue weighted by molar-refractivity contribution is 7.98. The smallest absolute Gasteiger partial charge is 0.265 e. The maximum Gasteiger partial charge on any atom is 0.453 e. The SMILES string of the molecule is CSc1ccc(-n2nc(C(F)(F)F)nc2-c2ccncc2)cc1. The number of alkyl halides is 3. The first kappa shape index (κ1) is 15.5. The van der Waals surface area contributed by atoms with Gasteiger partial charge in [0.1, 0.15) is 0 Å². The van der Waals surface area contributed by atoms with Crippen LogP contribution in [0.1, 0.15) is 5.82 Å². The number of hydrogen-bond acceptors (Lipinski definition) is 4. The van der Waals surface area contributed by atoms with Crippen molar-refractivity contribution in [2.75, 3.05) is 6.26 Å². The minimum Gasteiger partial charge on any atom is -0.265 e. The molecule has 0 radical (unpaired) electrons. The molecule has 0 saturated carbocycles. The summed E-state index contributed by atoms with van der Waals surface area (Å²) in [5.41, 5.74) is 1.02. The lowest BCUT2D eigenvalue weighted by Crippen LogP contribution is -2.08. The van der Waals surface area contributed by atoms with Gasteiger partial charge in [0.2, 0.25) is 0 Å². The predicted molar refractivity (Wildman–Crippen MR) is 81.4 cm³/mol. The molecular weight excluding hydrogens is 325 g/mol. The van der Waals surface area contributed by atoms with E-state index in [2.05, 4.69) is 15.1 Å². The Morgan fingerprint density at radius 3 is 2.22 bits per heavy atom. The highest BCUT2D eigenvalue weighted by Crippen LogP contribution is 2.30. The fourth-order valence-electron chi connectivity index (χ4n) is 2.02. The summed E-state index contributed by atoms with van der Waals surface area (Å²) in [6, 6.07) is 10.3. The van der Waals surface area contributed by atoms with E-state index in [9.17, 15) is 13.2 Å². The molecule has 0 aliphatic heterocycles. The molecule has 0 amide bonds. The molecule has 3 aromatic rings. The summed E-state index contributed by atoms with van der Waals surface area (Å²) in [7, 11) is 0. The highest BCUT2D eigenvalue weighted by Gasteiger charge is 2.37. The molecule has 0 saturated heterocycles. The van der Waals surface area contributed by atoms with E-state index < -0.39 is 12.0 Å². The van der Waals surface area contributed by atoms with Crippen molar-refractivity contribution >= 4 is 11.8 Å². The first-order valence-corrected chi connectivity index (χ1v) is 7.80. The van der Waals surface area contributed by atoms with Crippen molar-refractivity contribution < 1.29 is 13.2 Å². The van der Waals surface area contributed by atoms with Gasteiger partial charge in [-0.2, -0.15) is 13.2 Å². The first-order chi connectivity index (χ1) is 11.0. The van der Waals surface area contributed by atoms with Gasteiger partial charge < -0.3 is 0 Å². The monoisotopic (exact) mass is 336 g/mol. The lowest BCUT2D eigenvalue weighted by atomic mass is 10.2. The van der Waals surface area contributed by atoms with Crippen molar-refractivity contribution in [3.8, 4) is 17.1 Å². The van der Waals surface area contributed by atoms with Crippen LogP contribution >= 0.6 is 11.8 Å². The zero-order chi connectivity index (χ0) is 16.4. The van der Waals surface area contributed by atoms with E-state index in [4.69, 9.17) is 0 Å². The van der Waals surface area contributed by atoms with Crippen LogP contribution in [-0.4, -0.2) is 26.0 Å². The predicted octanol–water partition coefficient (Wildman–Crippen LogP) is 4.07. The van der Waals surface area contributed by atoms with Crippen molar-refractivity contribution in [3.05, 3.63) is 54.6 Å². The maximum atomic E-state index is 13.0. The van der Waals surface area contributed by atoms with Gasteiger partial charge in [-0.3, -0.25) is 4.98 Å². The van der Waals surface area contributed by atoms with E-state index in [1.807, 2.05) is 18.4 Å². The van der Waals surface area contributed by atoms with Gasteiger partial charge in [0.15, 0.2) is 5.82 Å². The Hall–Kier alpha value is -2.35.